The number of aromatic nitrogens is 1. The highest BCUT2D eigenvalue weighted by molar-refractivity contribution is 7.17. The molecule has 1 atom stereocenters. The van der Waals surface area contributed by atoms with Gasteiger partial charge in [-0.05, 0) is 54.8 Å². The molecule has 4 heteroatoms. The Morgan fingerprint density at radius 3 is 3.10 bits per heavy atom. The molecule has 1 saturated heterocycles. The van der Waals surface area contributed by atoms with Crippen LogP contribution in [-0.4, -0.2) is 24.7 Å². The molecule has 3 nitrogen and oxygen atoms in total. The monoisotopic (exact) mass is 290 g/mol. The maximum atomic E-state index is 5.51. The quantitative estimate of drug-likeness (QED) is 0.910. The number of ether oxygens (including phenoxy) is 1. The van der Waals surface area contributed by atoms with Crippen molar-refractivity contribution >= 4 is 21.6 Å². The van der Waals surface area contributed by atoms with Gasteiger partial charge in [0.25, 0.3) is 0 Å². The second-order valence-corrected chi connectivity index (χ2v) is 6.40. The second kappa shape index (κ2) is 6.66. The van der Waals surface area contributed by atoms with E-state index in [2.05, 4.69) is 40.9 Å². The van der Waals surface area contributed by atoms with Crippen LogP contribution in [0.1, 0.15) is 37.8 Å². The van der Waals surface area contributed by atoms with Crippen LogP contribution in [0.15, 0.2) is 23.7 Å². The van der Waals surface area contributed by atoms with E-state index in [0.29, 0.717) is 12.0 Å². The van der Waals surface area contributed by atoms with Gasteiger partial charge >= 0.3 is 0 Å². The van der Waals surface area contributed by atoms with Gasteiger partial charge in [-0.1, -0.05) is 6.92 Å². The largest absolute Gasteiger partial charge is 0.381 e. The number of pyridine rings is 1. The summed E-state index contributed by atoms with van der Waals surface area (Å²) in [5.41, 5.74) is 2.44. The van der Waals surface area contributed by atoms with Gasteiger partial charge in [-0.25, -0.2) is 0 Å². The fourth-order valence-corrected chi connectivity index (χ4v) is 3.73. The first-order valence-electron chi connectivity index (χ1n) is 7.52. The number of hydrogen-bond acceptors (Lipinski definition) is 4. The zero-order valence-corrected chi connectivity index (χ0v) is 12.8. The normalized spacial score (nSPS) is 18.4. The number of fused-ring (bicyclic) bond motifs is 1. The van der Waals surface area contributed by atoms with Crippen molar-refractivity contribution in [3.05, 3.63) is 29.3 Å². The van der Waals surface area contributed by atoms with Crippen molar-refractivity contribution in [1.82, 2.24) is 10.3 Å². The Morgan fingerprint density at radius 1 is 1.45 bits per heavy atom. The summed E-state index contributed by atoms with van der Waals surface area (Å²) in [6, 6.07) is 4.82. The molecule has 0 aromatic carbocycles. The lowest BCUT2D eigenvalue weighted by Gasteiger charge is -2.31. The van der Waals surface area contributed by atoms with Crippen LogP contribution in [0, 0.1) is 5.92 Å². The van der Waals surface area contributed by atoms with Gasteiger partial charge in [0.15, 0.2) is 0 Å². The van der Waals surface area contributed by atoms with Gasteiger partial charge in [0, 0.05) is 25.5 Å². The molecule has 1 aliphatic heterocycles. The maximum absolute atomic E-state index is 5.51. The third-order valence-electron chi connectivity index (χ3n) is 4.03. The lowest BCUT2D eigenvalue weighted by atomic mass is 9.87. The van der Waals surface area contributed by atoms with E-state index in [1.807, 2.05) is 0 Å². The summed E-state index contributed by atoms with van der Waals surface area (Å²) in [5, 5.41) is 5.84. The van der Waals surface area contributed by atoms with E-state index in [0.717, 1.165) is 44.5 Å². The Morgan fingerprint density at radius 2 is 2.30 bits per heavy atom. The van der Waals surface area contributed by atoms with Crippen LogP contribution in [0.4, 0.5) is 0 Å². The Kier molecular flexibility index (Phi) is 4.65. The number of nitrogens with one attached hydrogen (secondary N) is 1. The lowest BCUT2D eigenvalue weighted by molar-refractivity contribution is 0.0536. The Hall–Kier alpha value is -0.970. The zero-order chi connectivity index (χ0) is 13.8. The van der Waals surface area contributed by atoms with E-state index in [-0.39, 0.29) is 0 Å². The molecule has 0 spiro atoms. The molecule has 0 bridgehead atoms. The molecule has 0 saturated carbocycles. The number of hydrogen-bond donors (Lipinski definition) is 1. The Labute approximate surface area is 124 Å². The zero-order valence-electron chi connectivity index (χ0n) is 12.0. The Bertz CT molecular complexity index is 548. The molecule has 2 aromatic rings. The molecule has 1 unspecified atom stereocenters. The van der Waals surface area contributed by atoms with Crippen LogP contribution in [0.2, 0.25) is 0 Å². The average Bonchev–Trinajstić information content (AvgIpc) is 2.96. The third-order valence-corrected chi connectivity index (χ3v) is 4.89. The van der Waals surface area contributed by atoms with Crippen molar-refractivity contribution < 1.29 is 4.74 Å². The van der Waals surface area contributed by atoms with E-state index >= 15 is 0 Å². The molecule has 0 radical (unpaired) electrons. The van der Waals surface area contributed by atoms with E-state index in [9.17, 15) is 0 Å². The predicted octanol–water partition coefficient (Wildman–Crippen LogP) is 3.76. The smallest absolute Gasteiger partial charge is 0.0809 e. The van der Waals surface area contributed by atoms with Crippen molar-refractivity contribution in [1.29, 1.82) is 0 Å². The van der Waals surface area contributed by atoms with Crippen molar-refractivity contribution in [3.8, 4) is 0 Å². The highest BCUT2D eigenvalue weighted by Crippen LogP contribution is 2.32. The minimum absolute atomic E-state index is 0.415. The van der Waals surface area contributed by atoms with Gasteiger partial charge in [0.05, 0.1) is 10.2 Å². The first-order valence-corrected chi connectivity index (χ1v) is 8.40. The van der Waals surface area contributed by atoms with Gasteiger partial charge < -0.3 is 10.1 Å². The summed E-state index contributed by atoms with van der Waals surface area (Å²) in [6.07, 6.45) is 5.50. The Balaban J connectivity index is 1.85. The molecular weight excluding hydrogens is 268 g/mol. The van der Waals surface area contributed by atoms with Crippen LogP contribution in [0.3, 0.4) is 0 Å². The summed E-state index contributed by atoms with van der Waals surface area (Å²) < 4.78 is 6.80. The third kappa shape index (κ3) is 3.03. The van der Waals surface area contributed by atoms with E-state index < -0.39 is 0 Å². The van der Waals surface area contributed by atoms with Crippen LogP contribution < -0.4 is 5.32 Å². The standard InChI is InChI=1S/C16H22N2OS/c1-2-6-17-16(12-3-7-19-8-4-12)13-10-15-14(18-11-13)5-9-20-15/h5,9-12,16-17H,2-4,6-8H2,1H3. The minimum atomic E-state index is 0.415. The van der Waals surface area contributed by atoms with Crippen LogP contribution >= 0.6 is 11.3 Å². The van der Waals surface area contributed by atoms with Gasteiger partial charge in [-0.3, -0.25) is 4.98 Å². The topological polar surface area (TPSA) is 34.2 Å². The number of thiophene rings is 1. The van der Waals surface area contributed by atoms with Crippen LogP contribution in [0.5, 0.6) is 0 Å². The summed E-state index contributed by atoms with van der Waals surface area (Å²) in [7, 11) is 0. The molecule has 1 aliphatic rings. The fraction of sp³-hybridized carbons (Fsp3) is 0.562. The van der Waals surface area contributed by atoms with Crippen molar-refractivity contribution in [3.63, 3.8) is 0 Å². The summed E-state index contributed by atoms with van der Waals surface area (Å²) in [4.78, 5) is 4.60. The molecule has 0 amide bonds. The SMILES string of the molecule is CCCNC(c1cnc2ccsc2c1)C1CCOCC1. The van der Waals surface area contributed by atoms with Crippen molar-refractivity contribution in [2.75, 3.05) is 19.8 Å². The van der Waals surface area contributed by atoms with E-state index in [4.69, 9.17) is 4.74 Å². The molecule has 1 N–H and O–H groups in total. The van der Waals surface area contributed by atoms with E-state index in [1.165, 1.54) is 10.3 Å². The number of rotatable bonds is 5. The maximum Gasteiger partial charge on any atom is 0.0809 e. The minimum Gasteiger partial charge on any atom is -0.381 e. The predicted molar refractivity (Wildman–Crippen MR) is 84.2 cm³/mol. The van der Waals surface area contributed by atoms with Crippen LogP contribution in [0.25, 0.3) is 10.2 Å². The molecule has 20 heavy (non-hydrogen) atoms. The summed E-state index contributed by atoms with van der Waals surface area (Å²) >= 11 is 1.77. The van der Waals surface area contributed by atoms with Crippen molar-refractivity contribution in [2.45, 2.75) is 32.2 Å². The highest BCUT2D eigenvalue weighted by atomic mass is 32.1. The number of nitrogens with zero attached hydrogens (tertiary/aromatic N) is 1. The van der Waals surface area contributed by atoms with E-state index in [1.54, 1.807) is 11.3 Å². The van der Waals surface area contributed by atoms with Crippen LogP contribution in [-0.2, 0) is 4.74 Å². The van der Waals surface area contributed by atoms with Gasteiger partial charge in [-0.15, -0.1) is 11.3 Å². The summed E-state index contributed by atoms with van der Waals surface area (Å²) in [6.45, 7) is 5.06. The molecule has 2 aromatic heterocycles. The van der Waals surface area contributed by atoms with Gasteiger partial charge in [-0.2, -0.15) is 0 Å². The highest BCUT2D eigenvalue weighted by Gasteiger charge is 2.25. The second-order valence-electron chi connectivity index (χ2n) is 5.45. The molecule has 108 valence electrons. The molecule has 3 heterocycles. The van der Waals surface area contributed by atoms with Gasteiger partial charge in [0.2, 0.25) is 0 Å². The molecular formula is C16H22N2OS. The molecule has 3 rings (SSSR count). The lowest BCUT2D eigenvalue weighted by Crippen LogP contribution is -2.32. The average molecular weight is 290 g/mol. The fourth-order valence-electron chi connectivity index (χ4n) is 2.94. The van der Waals surface area contributed by atoms with Crippen molar-refractivity contribution in [2.24, 2.45) is 5.92 Å². The first kappa shape index (κ1) is 14.0. The molecule has 1 fully saturated rings. The molecule has 0 aliphatic carbocycles. The summed E-state index contributed by atoms with van der Waals surface area (Å²) in [5.74, 6) is 0.662. The first-order chi connectivity index (χ1) is 9.88. The van der Waals surface area contributed by atoms with Gasteiger partial charge in [0.1, 0.15) is 0 Å².